The number of carbonyl (C=O) groups is 2. The number of anilines is 2. The Hall–Kier alpha value is -4.02. The molecule has 0 spiro atoms. The molecule has 1 heterocycles. The number of hydrogen-bond acceptors (Lipinski definition) is 3. The van der Waals surface area contributed by atoms with E-state index in [1.54, 1.807) is 6.07 Å². The lowest BCUT2D eigenvalue weighted by molar-refractivity contribution is -0.143. The Balaban J connectivity index is 1.58. The molecule has 3 aromatic rings. The number of amides is 2. The Morgan fingerprint density at radius 3 is 1.97 bits per heavy atom. The average molecular weight is 550 g/mol. The third kappa shape index (κ3) is 7.10. The fourth-order valence-electron chi connectivity index (χ4n) is 4.38. The van der Waals surface area contributed by atoms with Crippen molar-refractivity contribution in [2.45, 2.75) is 31.6 Å². The molecule has 0 unspecified atom stereocenters. The molecule has 2 N–H and O–H groups in total. The summed E-state index contributed by atoms with van der Waals surface area (Å²) >= 11 is 0. The van der Waals surface area contributed by atoms with E-state index in [2.05, 4.69) is 10.6 Å². The van der Waals surface area contributed by atoms with Gasteiger partial charge in [0.15, 0.2) is 0 Å². The molecule has 0 atom stereocenters. The van der Waals surface area contributed by atoms with E-state index in [0.717, 1.165) is 31.5 Å². The van der Waals surface area contributed by atoms with Gasteiger partial charge in [0.1, 0.15) is 0 Å². The van der Waals surface area contributed by atoms with Gasteiger partial charge in [0.05, 0.1) is 16.7 Å². The van der Waals surface area contributed by atoms with Crippen LogP contribution >= 0.6 is 0 Å². The van der Waals surface area contributed by atoms with Crippen molar-refractivity contribution >= 4 is 23.2 Å². The Morgan fingerprint density at radius 2 is 1.38 bits per heavy atom. The second-order valence-corrected chi connectivity index (χ2v) is 9.17. The minimum absolute atomic E-state index is 0.0422. The lowest BCUT2D eigenvalue weighted by Crippen LogP contribution is -2.29. The van der Waals surface area contributed by atoms with Crippen LogP contribution < -0.4 is 15.5 Å². The van der Waals surface area contributed by atoms with Crippen molar-refractivity contribution in [3.63, 3.8) is 0 Å². The van der Waals surface area contributed by atoms with Gasteiger partial charge in [-0.3, -0.25) is 9.59 Å². The predicted molar refractivity (Wildman–Crippen MR) is 135 cm³/mol. The monoisotopic (exact) mass is 549 g/mol. The molecule has 2 amide bonds. The average Bonchev–Trinajstić information content (AvgIpc) is 3.43. The van der Waals surface area contributed by atoms with Crippen LogP contribution in [0.3, 0.4) is 0 Å². The summed E-state index contributed by atoms with van der Waals surface area (Å²) in [4.78, 5) is 27.9. The Kier molecular flexibility index (Phi) is 8.17. The topological polar surface area (TPSA) is 61.4 Å². The first kappa shape index (κ1) is 28.0. The van der Waals surface area contributed by atoms with Crippen molar-refractivity contribution in [2.75, 3.05) is 29.9 Å². The first-order chi connectivity index (χ1) is 18.4. The van der Waals surface area contributed by atoms with Crippen LogP contribution in [0.1, 0.15) is 50.2 Å². The molecule has 1 saturated heterocycles. The van der Waals surface area contributed by atoms with Crippen molar-refractivity contribution < 1.29 is 35.9 Å². The van der Waals surface area contributed by atoms with Crippen molar-refractivity contribution in [3.8, 4) is 0 Å². The highest BCUT2D eigenvalue weighted by molar-refractivity contribution is 6.06. The van der Waals surface area contributed by atoms with Gasteiger partial charge < -0.3 is 15.5 Å². The molecular weight excluding hydrogens is 524 g/mol. The molecule has 0 bridgehead atoms. The lowest BCUT2D eigenvalue weighted by Gasteiger charge is -2.22. The summed E-state index contributed by atoms with van der Waals surface area (Å²) in [6, 6.07) is 14.6. The van der Waals surface area contributed by atoms with E-state index < -0.39 is 40.9 Å². The van der Waals surface area contributed by atoms with Crippen LogP contribution in [-0.4, -0.2) is 31.4 Å². The van der Waals surface area contributed by atoms with Gasteiger partial charge in [-0.25, -0.2) is 0 Å². The summed E-state index contributed by atoms with van der Waals surface area (Å²) in [5, 5.41) is 5.18. The van der Waals surface area contributed by atoms with Gasteiger partial charge in [-0.05, 0) is 61.2 Å². The van der Waals surface area contributed by atoms with Crippen molar-refractivity contribution in [2.24, 2.45) is 0 Å². The maximum absolute atomic E-state index is 13.2. The minimum atomic E-state index is -5.08. The van der Waals surface area contributed by atoms with Gasteiger partial charge in [-0.2, -0.15) is 26.3 Å². The largest absolute Gasteiger partial charge is 0.416 e. The number of carbonyl (C=O) groups excluding carboxylic acids is 2. The normalized spacial score (nSPS) is 13.8. The third-order valence-electron chi connectivity index (χ3n) is 6.34. The molecule has 206 valence electrons. The van der Waals surface area contributed by atoms with E-state index >= 15 is 0 Å². The molecule has 4 rings (SSSR count). The molecule has 1 fully saturated rings. The van der Waals surface area contributed by atoms with E-state index in [4.69, 9.17) is 0 Å². The highest BCUT2D eigenvalue weighted by Gasteiger charge is 2.37. The first-order valence-corrected chi connectivity index (χ1v) is 12.2. The highest BCUT2D eigenvalue weighted by Crippen LogP contribution is 2.36. The molecule has 1 aliphatic rings. The fourth-order valence-corrected chi connectivity index (χ4v) is 4.38. The summed E-state index contributed by atoms with van der Waals surface area (Å²) in [5.41, 5.74) is -2.05. The minimum Gasteiger partial charge on any atom is -0.371 e. The van der Waals surface area contributed by atoms with Gasteiger partial charge in [0.2, 0.25) is 0 Å². The highest BCUT2D eigenvalue weighted by atomic mass is 19.4. The Labute approximate surface area is 220 Å². The molecule has 1 aliphatic heterocycles. The molecule has 3 aromatic carbocycles. The van der Waals surface area contributed by atoms with Crippen molar-refractivity contribution in [1.82, 2.24) is 5.32 Å². The maximum Gasteiger partial charge on any atom is 0.416 e. The van der Waals surface area contributed by atoms with Crippen LogP contribution in [0.15, 0.2) is 66.7 Å². The quantitative estimate of drug-likeness (QED) is 0.329. The van der Waals surface area contributed by atoms with Crippen molar-refractivity contribution in [3.05, 3.63) is 94.5 Å². The van der Waals surface area contributed by atoms with Crippen LogP contribution in [0.5, 0.6) is 0 Å². The number of alkyl halides is 6. The maximum atomic E-state index is 13.2. The van der Waals surface area contributed by atoms with Gasteiger partial charge in [-0.1, -0.05) is 30.3 Å². The predicted octanol–water partition coefficient (Wildman–Crippen LogP) is 6.55. The molecule has 39 heavy (non-hydrogen) atoms. The zero-order valence-electron chi connectivity index (χ0n) is 20.6. The SMILES string of the molecule is O=C(Nc1ccc(N2CCCC2)c(C(=O)NCCc2ccccc2)c1)c1cc(C(F)(F)F)cc(C(F)(F)F)c1. The first-order valence-electron chi connectivity index (χ1n) is 12.2. The Bertz CT molecular complexity index is 1300. The van der Waals surface area contributed by atoms with E-state index in [1.807, 2.05) is 35.2 Å². The van der Waals surface area contributed by atoms with Crippen molar-refractivity contribution in [1.29, 1.82) is 0 Å². The zero-order valence-corrected chi connectivity index (χ0v) is 20.6. The van der Waals surface area contributed by atoms with Crippen LogP contribution in [0, 0.1) is 0 Å². The number of nitrogens with zero attached hydrogens (tertiary/aromatic N) is 1. The molecule has 5 nitrogen and oxygen atoms in total. The summed E-state index contributed by atoms with van der Waals surface area (Å²) in [7, 11) is 0. The number of benzene rings is 3. The molecule has 0 aliphatic carbocycles. The fraction of sp³-hybridized carbons (Fsp3) is 0.286. The molecule has 0 saturated carbocycles. The number of rotatable bonds is 7. The van der Waals surface area contributed by atoms with Gasteiger partial charge >= 0.3 is 12.4 Å². The molecule has 0 aromatic heterocycles. The van der Waals surface area contributed by atoms with Crippen LogP contribution in [0.2, 0.25) is 0 Å². The summed E-state index contributed by atoms with van der Waals surface area (Å²) < 4.78 is 79.3. The summed E-state index contributed by atoms with van der Waals surface area (Å²) in [5.74, 6) is -1.58. The second-order valence-electron chi connectivity index (χ2n) is 9.17. The number of nitrogens with one attached hydrogen (secondary N) is 2. The third-order valence-corrected chi connectivity index (χ3v) is 6.34. The summed E-state index contributed by atoms with van der Waals surface area (Å²) in [6.07, 6.45) is -7.72. The standard InChI is InChI=1S/C28H25F6N3O2/c29-27(30,31)20-14-19(15-21(16-20)28(32,33)34)25(38)36-22-8-9-24(37-12-4-5-13-37)23(17-22)26(39)35-11-10-18-6-2-1-3-7-18/h1-3,6-9,14-17H,4-5,10-13H2,(H,35,39)(H,36,38). The van der Waals surface area contributed by atoms with E-state index in [0.29, 0.717) is 30.8 Å². The Morgan fingerprint density at radius 1 is 0.769 bits per heavy atom. The smallest absolute Gasteiger partial charge is 0.371 e. The van der Waals surface area contributed by atoms with Gasteiger partial charge in [0, 0.05) is 36.6 Å². The van der Waals surface area contributed by atoms with E-state index in [-0.39, 0.29) is 17.3 Å². The molecule has 0 radical (unpaired) electrons. The lowest BCUT2D eigenvalue weighted by atomic mass is 10.0. The van der Waals surface area contributed by atoms with E-state index in [9.17, 15) is 35.9 Å². The summed E-state index contributed by atoms with van der Waals surface area (Å²) in [6.45, 7) is 1.78. The van der Waals surface area contributed by atoms with Crippen LogP contribution in [0.25, 0.3) is 0 Å². The molecular formula is C28H25F6N3O2. The molecule has 11 heteroatoms. The zero-order chi connectivity index (χ0) is 28.2. The van der Waals surface area contributed by atoms with Gasteiger partial charge in [0.25, 0.3) is 11.8 Å². The second kappa shape index (κ2) is 11.4. The van der Waals surface area contributed by atoms with Gasteiger partial charge in [-0.15, -0.1) is 0 Å². The number of hydrogen-bond donors (Lipinski definition) is 2. The number of halogens is 6. The van der Waals surface area contributed by atoms with Crippen LogP contribution in [-0.2, 0) is 18.8 Å². The van der Waals surface area contributed by atoms with Crippen LogP contribution in [0.4, 0.5) is 37.7 Å². The van der Waals surface area contributed by atoms with E-state index in [1.165, 1.54) is 12.1 Å².